The summed E-state index contributed by atoms with van der Waals surface area (Å²) in [5.74, 6) is -0.0996. The molecule has 0 radical (unpaired) electrons. The van der Waals surface area contributed by atoms with E-state index in [0.717, 1.165) is 28.7 Å². The zero-order chi connectivity index (χ0) is 13.9. The molecular weight excluding hydrogens is 254 g/mol. The fourth-order valence-corrected chi connectivity index (χ4v) is 2.10. The Balaban J connectivity index is 1.94. The van der Waals surface area contributed by atoms with Crippen LogP contribution in [0, 0.1) is 0 Å². The number of fused-ring (bicyclic) bond motifs is 1. The van der Waals surface area contributed by atoms with Gasteiger partial charge in [-0.1, -0.05) is 6.92 Å². The van der Waals surface area contributed by atoms with Gasteiger partial charge in [-0.05, 0) is 18.6 Å². The van der Waals surface area contributed by atoms with Crippen LogP contribution in [0.2, 0.25) is 0 Å². The second-order valence-electron chi connectivity index (χ2n) is 4.52. The number of aromatic amines is 2. The summed E-state index contributed by atoms with van der Waals surface area (Å²) >= 11 is 0. The molecule has 3 aromatic rings. The maximum Gasteiger partial charge on any atom is 0.267 e. The summed E-state index contributed by atoms with van der Waals surface area (Å²) in [7, 11) is 0. The first-order chi connectivity index (χ1) is 9.79. The monoisotopic (exact) mass is 269 g/mol. The van der Waals surface area contributed by atoms with Crippen LogP contribution in [0.5, 0.6) is 0 Å². The summed E-state index contributed by atoms with van der Waals surface area (Å²) in [6, 6.07) is 3.73. The minimum atomic E-state index is -0.0996. The number of carbonyl (C=O) groups is 1. The standard InChI is InChI=1S/C14H15N5O/c1-2-4-16-14(20)11-6-9(7-17-11)12-10-3-5-15-13(10)19-8-18-12/h3,5-8,17H,2,4H2,1H3,(H,16,20)(H,15,18,19). The Labute approximate surface area is 115 Å². The van der Waals surface area contributed by atoms with E-state index in [4.69, 9.17) is 0 Å². The number of aromatic nitrogens is 4. The van der Waals surface area contributed by atoms with Crippen molar-refractivity contribution in [3.05, 3.63) is 36.5 Å². The molecule has 3 rings (SSSR count). The summed E-state index contributed by atoms with van der Waals surface area (Å²) in [6.45, 7) is 2.69. The van der Waals surface area contributed by atoms with E-state index in [2.05, 4.69) is 25.3 Å². The van der Waals surface area contributed by atoms with Gasteiger partial charge in [0, 0.05) is 29.9 Å². The van der Waals surface area contributed by atoms with Crippen molar-refractivity contribution in [2.45, 2.75) is 13.3 Å². The minimum Gasteiger partial charge on any atom is -0.357 e. The smallest absolute Gasteiger partial charge is 0.267 e. The Morgan fingerprint density at radius 2 is 2.25 bits per heavy atom. The largest absolute Gasteiger partial charge is 0.357 e. The van der Waals surface area contributed by atoms with Gasteiger partial charge in [0.05, 0.1) is 5.69 Å². The van der Waals surface area contributed by atoms with Gasteiger partial charge in [0.25, 0.3) is 5.91 Å². The number of hydrogen-bond donors (Lipinski definition) is 3. The maximum absolute atomic E-state index is 11.9. The minimum absolute atomic E-state index is 0.0996. The molecule has 0 aliphatic heterocycles. The van der Waals surface area contributed by atoms with Crippen molar-refractivity contribution in [1.29, 1.82) is 0 Å². The van der Waals surface area contributed by atoms with Crippen LogP contribution >= 0.6 is 0 Å². The first kappa shape index (κ1) is 12.4. The Bertz CT molecular complexity index is 743. The third-order valence-corrected chi connectivity index (χ3v) is 3.09. The lowest BCUT2D eigenvalue weighted by Crippen LogP contribution is -2.24. The number of hydrogen-bond acceptors (Lipinski definition) is 3. The summed E-state index contributed by atoms with van der Waals surface area (Å²) in [4.78, 5) is 26.4. The topological polar surface area (TPSA) is 86.5 Å². The molecule has 1 amide bonds. The maximum atomic E-state index is 11.9. The number of nitrogens with one attached hydrogen (secondary N) is 3. The van der Waals surface area contributed by atoms with Crippen LogP contribution in [-0.4, -0.2) is 32.4 Å². The third-order valence-electron chi connectivity index (χ3n) is 3.09. The molecule has 0 aromatic carbocycles. The molecule has 6 heteroatoms. The lowest BCUT2D eigenvalue weighted by atomic mass is 10.1. The van der Waals surface area contributed by atoms with Crippen LogP contribution < -0.4 is 5.32 Å². The molecule has 0 saturated heterocycles. The number of H-pyrrole nitrogens is 2. The van der Waals surface area contributed by atoms with Crippen molar-refractivity contribution in [3.8, 4) is 11.3 Å². The predicted octanol–water partition coefficient (Wildman–Crippen LogP) is 2.09. The fraction of sp³-hybridized carbons (Fsp3) is 0.214. The average molecular weight is 269 g/mol. The van der Waals surface area contributed by atoms with E-state index in [9.17, 15) is 4.79 Å². The second-order valence-corrected chi connectivity index (χ2v) is 4.52. The van der Waals surface area contributed by atoms with Gasteiger partial charge < -0.3 is 15.3 Å². The number of rotatable bonds is 4. The second kappa shape index (κ2) is 5.16. The van der Waals surface area contributed by atoms with E-state index in [1.807, 2.05) is 19.2 Å². The highest BCUT2D eigenvalue weighted by Gasteiger charge is 2.12. The van der Waals surface area contributed by atoms with Crippen molar-refractivity contribution in [2.75, 3.05) is 6.54 Å². The van der Waals surface area contributed by atoms with Crippen LogP contribution in [0.15, 0.2) is 30.9 Å². The zero-order valence-corrected chi connectivity index (χ0v) is 11.1. The first-order valence-corrected chi connectivity index (χ1v) is 6.54. The third kappa shape index (κ3) is 2.16. The van der Waals surface area contributed by atoms with E-state index >= 15 is 0 Å². The van der Waals surface area contributed by atoms with E-state index < -0.39 is 0 Å². The molecule has 0 spiro atoms. The summed E-state index contributed by atoms with van der Waals surface area (Å²) < 4.78 is 0. The van der Waals surface area contributed by atoms with Crippen LogP contribution in [0.3, 0.4) is 0 Å². The molecule has 102 valence electrons. The zero-order valence-electron chi connectivity index (χ0n) is 11.1. The molecule has 0 bridgehead atoms. The van der Waals surface area contributed by atoms with Crippen molar-refractivity contribution in [1.82, 2.24) is 25.3 Å². The van der Waals surface area contributed by atoms with Crippen molar-refractivity contribution < 1.29 is 4.79 Å². The lowest BCUT2D eigenvalue weighted by molar-refractivity contribution is 0.0949. The number of carbonyl (C=O) groups excluding carboxylic acids is 1. The number of amides is 1. The van der Waals surface area contributed by atoms with E-state index in [0.29, 0.717) is 12.2 Å². The van der Waals surface area contributed by atoms with Crippen molar-refractivity contribution in [3.63, 3.8) is 0 Å². The molecular formula is C14H15N5O. The van der Waals surface area contributed by atoms with E-state index in [-0.39, 0.29) is 5.91 Å². The first-order valence-electron chi connectivity index (χ1n) is 6.54. The van der Waals surface area contributed by atoms with Gasteiger partial charge in [-0.25, -0.2) is 9.97 Å². The molecule has 0 fully saturated rings. The van der Waals surface area contributed by atoms with Crippen LogP contribution in [0.25, 0.3) is 22.3 Å². The van der Waals surface area contributed by atoms with Gasteiger partial charge in [0.1, 0.15) is 17.7 Å². The Kier molecular flexibility index (Phi) is 3.20. The van der Waals surface area contributed by atoms with Crippen molar-refractivity contribution >= 4 is 16.9 Å². The highest BCUT2D eigenvalue weighted by molar-refractivity contribution is 5.96. The normalized spacial score (nSPS) is 10.8. The molecule has 3 heterocycles. The van der Waals surface area contributed by atoms with Crippen LogP contribution in [0.1, 0.15) is 23.8 Å². The molecule has 0 aliphatic rings. The van der Waals surface area contributed by atoms with Gasteiger partial charge in [-0.15, -0.1) is 0 Å². The average Bonchev–Trinajstić information content (AvgIpc) is 3.12. The van der Waals surface area contributed by atoms with Crippen LogP contribution in [0.4, 0.5) is 0 Å². The van der Waals surface area contributed by atoms with Crippen molar-refractivity contribution in [2.24, 2.45) is 0 Å². The van der Waals surface area contributed by atoms with Gasteiger partial charge >= 0.3 is 0 Å². The summed E-state index contributed by atoms with van der Waals surface area (Å²) in [5, 5.41) is 3.77. The SMILES string of the molecule is CCCNC(=O)c1cc(-c2ncnc3[nH]ccc23)c[nH]1. The Morgan fingerprint density at radius 3 is 3.10 bits per heavy atom. The molecule has 3 aromatic heterocycles. The Hall–Kier alpha value is -2.63. The van der Waals surface area contributed by atoms with Gasteiger partial charge in [0.15, 0.2) is 0 Å². The van der Waals surface area contributed by atoms with Crippen LogP contribution in [-0.2, 0) is 0 Å². The quantitative estimate of drug-likeness (QED) is 0.677. The van der Waals surface area contributed by atoms with Gasteiger partial charge in [0.2, 0.25) is 0 Å². The molecule has 0 unspecified atom stereocenters. The predicted molar refractivity (Wildman–Crippen MR) is 76.3 cm³/mol. The van der Waals surface area contributed by atoms with Gasteiger partial charge in [-0.2, -0.15) is 0 Å². The lowest BCUT2D eigenvalue weighted by Gasteiger charge is -2.00. The number of nitrogens with zero attached hydrogens (tertiary/aromatic N) is 2. The molecule has 3 N–H and O–H groups in total. The molecule has 0 saturated carbocycles. The highest BCUT2D eigenvalue weighted by Crippen LogP contribution is 2.25. The van der Waals surface area contributed by atoms with Gasteiger partial charge in [-0.3, -0.25) is 4.79 Å². The van der Waals surface area contributed by atoms with E-state index in [1.165, 1.54) is 6.33 Å². The molecule has 0 aliphatic carbocycles. The summed E-state index contributed by atoms with van der Waals surface area (Å²) in [6.07, 6.45) is 6.03. The van der Waals surface area contributed by atoms with E-state index in [1.54, 1.807) is 12.3 Å². The summed E-state index contributed by atoms with van der Waals surface area (Å²) in [5.41, 5.74) is 3.00. The highest BCUT2D eigenvalue weighted by atomic mass is 16.1. The molecule has 6 nitrogen and oxygen atoms in total. The Morgan fingerprint density at radius 1 is 1.35 bits per heavy atom. The molecule has 20 heavy (non-hydrogen) atoms. The molecule has 0 atom stereocenters. The fourth-order valence-electron chi connectivity index (χ4n) is 2.10.